The van der Waals surface area contributed by atoms with E-state index in [1.807, 2.05) is 24.3 Å². The summed E-state index contributed by atoms with van der Waals surface area (Å²) in [5.41, 5.74) is 7.75. The van der Waals surface area contributed by atoms with Crippen LogP contribution in [-0.4, -0.2) is 26.2 Å². The largest absolute Gasteiger partial charge is 0.375 e. The van der Waals surface area contributed by atoms with Gasteiger partial charge >= 0.3 is 0 Å². The highest BCUT2D eigenvalue weighted by Gasteiger charge is 1.99. The van der Waals surface area contributed by atoms with Crippen molar-refractivity contribution in [2.45, 2.75) is 13.0 Å². The molecule has 0 fully saturated rings. The molecule has 3 N–H and O–H groups in total. The van der Waals surface area contributed by atoms with Gasteiger partial charge in [0, 0.05) is 13.7 Å². The lowest BCUT2D eigenvalue weighted by Gasteiger charge is -2.05. The van der Waals surface area contributed by atoms with Crippen LogP contribution in [0.1, 0.15) is 11.1 Å². The molecule has 0 bridgehead atoms. The molecular formula is C12H18N2O2. The van der Waals surface area contributed by atoms with Gasteiger partial charge in [0.1, 0.15) is 6.61 Å². The Balaban J connectivity index is 2.40. The second-order valence-corrected chi connectivity index (χ2v) is 3.56. The van der Waals surface area contributed by atoms with Crippen molar-refractivity contribution < 1.29 is 9.53 Å². The first-order chi connectivity index (χ1) is 7.76. The summed E-state index contributed by atoms with van der Waals surface area (Å²) in [4.78, 5) is 11.1. The molecule has 4 nitrogen and oxygen atoms in total. The molecule has 0 aliphatic carbocycles. The average molecular weight is 222 g/mol. The maximum absolute atomic E-state index is 11.1. The molecule has 1 rings (SSSR count). The summed E-state index contributed by atoms with van der Waals surface area (Å²) in [7, 11) is 1.50. The van der Waals surface area contributed by atoms with Crippen molar-refractivity contribution in [2.75, 3.05) is 20.3 Å². The molecule has 0 saturated heterocycles. The molecule has 88 valence electrons. The molecule has 1 amide bonds. The van der Waals surface area contributed by atoms with Gasteiger partial charge in [0.15, 0.2) is 0 Å². The van der Waals surface area contributed by atoms with Gasteiger partial charge in [0.2, 0.25) is 5.91 Å². The maximum Gasteiger partial charge on any atom is 0.246 e. The van der Waals surface area contributed by atoms with Crippen LogP contribution in [0.5, 0.6) is 0 Å². The lowest BCUT2D eigenvalue weighted by molar-refractivity contribution is -0.124. The number of nitrogens with one attached hydrogen (secondary N) is 1. The highest BCUT2D eigenvalue weighted by molar-refractivity contribution is 5.77. The lowest BCUT2D eigenvalue weighted by Crippen LogP contribution is -2.26. The molecule has 16 heavy (non-hydrogen) atoms. The molecule has 1 aromatic rings. The predicted molar refractivity (Wildman–Crippen MR) is 62.9 cm³/mol. The Hall–Kier alpha value is -1.39. The number of methoxy groups -OCH3 is 1. The Kier molecular flexibility index (Phi) is 5.53. The van der Waals surface area contributed by atoms with Gasteiger partial charge in [0.05, 0.1) is 0 Å². The zero-order chi connectivity index (χ0) is 11.8. The van der Waals surface area contributed by atoms with E-state index in [0.29, 0.717) is 13.1 Å². The quantitative estimate of drug-likeness (QED) is 0.734. The van der Waals surface area contributed by atoms with Crippen molar-refractivity contribution in [1.29, 1.82) is 0 Å². The van der Waals surface area contributed by atoms with Crippen LogP contribution in [-0.2, 0) is 22.5 Å². The average Bonchev–Trinajstić information content (AvgIpc) is 2.29. The third kappa shape index (κ3) is 4.42. The fourth-order valence-electron chi connectivity index (χ4n) is 1.37. The van der Waals surface area contributed by atoms with Crippen LogP contribution in [0.2, 0.25) is 0 Å². The van der Waals surface area contributed by atoms with E-state index in [1.165, 1.54) is 12.7 Å². The molecular weight excluding hydrogens is 204 g/mol. The number of benzene rings is 1. The van der Waals surface area contributed by atoms with E-state index in [9.17, 15) is 4.79 Å². The van der Waals surface area contributed by atoms with Crippen LogP contribution in [0.15, 0.2) is 24.3 Å². The number of ether oxygens (including phenoxy) is 1. The van der Waals surface area contributed by atoms with Gasteiger partial charge < -0.3 is 15.8 Å². The SMILES string of the molecule is COCC(=O)NCc1ccc(CCN)cc1. The van der Waals surface area contributed by atoms with E-state index in [0.717, 1.165) is 12.0 Å². The van der Waals surface area contributed by atoms with Crippen LogP contribution in [0.25, 0.3) is 0 Å². The van der Waals surface area contributed by atoms with E-state index in [2.05, 4.69) is 5.32 Å². The Bertz CT molecular complexity index is 322. The zero-order valence-electron chi connectivity index (χ0n) is 9.53. The molecule has 0 heterocycles. The minimum absolute atomic E-state index is 0.102. The normalized spacial score (nSPS) is 10.1. The lowest BCUT2D eigenvalue weighted by atomic mass is 10.1. The van der Waals surface area contributed by atoms with E-state index >= 15 is 0 Å². The third-order valence-electron chi connectivity index (χ3n) is 2.22. The summed E-state index contributed by atoms with van der Waals surface area (Å²) in [6, 6.07) is 8.06. The van der Waals surface area contributed by atoms with Gasteiger partial charge in [-0.1, -0.05) is 24.3 Å². The van der Waals surface area contributed by atoms with Crippen molar-refractivity contribution in [3.05, 3.63) is 35.4 Å². The Labute approximate surface area is 95.8 Å². The second kappa shape index (κ2) is 6.98. The highest BCUT2D eigenvalue weighted by Crippen LogP contribution is 2.04. The summed E-state index contributed by atoms with van der Waals surface area (Å²) in [6.07, 6.45) is 0.885. The molecule has 4 heteroatoms. The van der Waals surface area contributed by atoms with Crippen molar-refractivity contribution in [2.24, 2.45) is 5.73 Å². The first-order valence-electron chi connectivity index (χ1n) is 5.29. The number of carbonyl (C=O) groups excluding carboxylic acids is 1. The first kappa shape index (κ1) is 12.7. The maximum atomic E-state index is 11.1. The molecule has 0 aliphatic heterocycles. The van der Waals surface area contributed by atoms with Crippen LogP contribution in [0, 0.1) is 0 Å². The molecule has 0 radical (unpaired) electrons. The second-order valence-electron chi connectivity index (χ2n) is 3.56. The minimum Gasteiger partial charge on any atom is -0.375 e. The van der Waals surface area contributed by atoms with Crippen LogP contribution in [0.4, 0.5) is 0 Å². The van der Waals surface area contributed by atoms with E-state index in [-0.39, 0.29) is 12.5 Å². The Morgan fingerprint density at radius 2 is 1.94 bits per heavy atom. The smallest absolute Gasteiger partial charge is 0.246 e. The summed E-state index contributed by atoms with van der Waals surface area (Å²) in [5.74, 6) is -0.103. The van der Waals surface area contributed by atoms with Gasteiger partial charge in [-0.3, -0.25) is 4.79 Å². The zero-order valence-corrected chi connectivity index (χ0v) is 9.53. The van der Waals surface area contributed by atoms with E-state index < -0.39 is 0 Å². The van der Waals surface area contributed by atoms with Crippen molar-refractivity contribution in [3.8, 4) is 0 Å². The van der Waals surface area contributed by atoms with Gasteiger partial charge in [-0.2, -0.15) is 0 Å². The predicted octanol–water partition coefficient (Wildman–Crippen LogP) is 0.450. The number of amides is 1. The van der Waals surface area contributed by atoms with Gasteiger partial charge in [-0.05, 0) is 24.1 Å². The topological polar surface area (TPSA) is 64.3 Å². The molecule has 0 aromatic heterocycles. The molecule has 0 spiro atoms. The van der Waals surface area contributed by atoms with Gasteiger partial charge in [0.25, 0.3) is 0 Å². The minimum atomic E-state index is -0.103. The summed E-state index contributed by atoms with van der Waals surface area (Å²) in [5, 5.41) is 2.76. The van der Waals surface area contributed by atoms with Crippen LogP contribution in [0.3, 0.4) is 0 Å². The third-order valence-corrected chi connectivity index (χ3v) is 2.22. The van der Waals surface area contributed by atoms with Crippen molar-refractivity contribution in [3.63, 3.8) is 0 Å². The van der Waals surface area contributed by atoms with Crippen LogP contribution < -0.4 is 11.1 Å². The molecule has 1 aromatic carbocycles. The van der Waals surface area contributed by atoms with Gasteiger partial charge in [-0.25, -0.2) is 0 Å². The number of hydrogen-bond acceptors (Lipinski definition) is 3. The number of nitrogens with two attached hydrogens (primary N) is 1. The highest BCUT2D eigenvalue weighted by atomic mass is 16.5. The number of rotatable bonds is 6. The molecule has 0 unspecified atom stereocenters. The van der Waals surface area contributed by atoms with Crippen LogP contribution >= 0.6 is 0 Å². The Morgan fingerprint density at radius 3 is 2.50 bits per heavy atom. The molecule has 0 atom stereocenters. The summed E-state index contributed by atoms with van der Waals surface area (Å²) >= 11 is 0. The fourth-order valence-corrected chi connectivity index (χ4v) is 1.37. The monoisotopic (exact) mass is 222 g/mol. The summed E-state index contributed by atoms with van der Waals surface area (Å²) in [6.45, 7) is 1.29. The Morgan fingerprint density at radius 1 is 1.31 bits per heavy atom. The van der Waals surface area contributed by atoms with Crippen molar-refractivity contribution in [1.82, 2.24) is 5.32 Å². The van der Waals surface area contributed by atoms with E-state index in [1.54, 1.807) is 0 Å². The molecule has 0 saturated carbocycles. The number of hydrogen-bond donors (Lipinski definition) is 2. The fraction of sp³-hybridized carbons (Fsp3) is 0.417. The van der Waals surface area contributed by atoms with Gasteiger partial charge in [-0.15, -0.1) is 0 Å². The van der Waals surface area contributed by atoms with Crippen molar-refractivity contribution >= 4 is 5.91 Å². The van der Waals surface area contributed by atoms with E-state index in [4.69, 9.17) is 10.5 Å². The first-order valence-corrected chi connectivity index (χ1v) is 5.29. The number of carbonyl (C=O) groups is 1. The standard InChI is InChI=1S/C12H18N2O2/c1-16-9-12(15)14-8-11-4-2-10(3-5-11)6-7-13/h2-5H,6-9,13H2,1H3,(H,14,15). The molecule has 0 aliphatic rings. The summed E-state index contributed by atoms with van der Waals surface area (Å²) < 4.78 is 4.72.